The number of hydrogen-bond acceptors (Lipinski definition) is 11. The number of carbonyl (C=O) groups is 1. The Hall–Kier alpha value is -7.25. The third kappa shape index (κ3) is 17.3. The van der Waals surface area contributed by atoms with E-state index in [2.05, 4.69) is 174 Å². The van der Waals surface area contributed by atoms with E-state index in [0.29, 0.717) is 27.5 Å². The van der Waals surface area contributed by atoms with E-state index in [0.717, 1.165) is 93.7 Å². The van der Waals surface area contributed by atoms with Crippen LogP contribution in [0.5, 0.6) is 40.2 Å². The summed E-state index contributed by atoms with van der Waals surface area (Å²) in [5, 5.41) is 22.6. The predicted octanol–water partition coefficient (Wildman–Crippen LogP) is 14.1. The van der Waals surface area contributed by atoms with Crippen LogP contribution in [0.25, 0.3) is 77.8 Å². The first-order valence-electron chi connectivity index (χ1n) is 29.7. The number of para-hydroxylation sites is 2. The molecule has 0 spiro atoms. The van der Waals surface area contributed by atoms with Crippen molar-refractivity contribution in [2.75, 3.05) is 0 Å². The third-order valence-electron chi connectivity index (χ3n) is 15.2. The van der Waals surface area contributed by atoms with E-state index in [4.69, 9.17) is 24.3 Å². The van der Waals surface area contributed by atoms with E-state index in [-0.39, 0.29) is 133 Å². The van der Waals surface area contributed by atoms with Crippen molar-refractivity contribution < 1.29 is 143 Å². The number of fused-ring (bicyclic) bond motifs is 6. The second kappa shape index (κ2) is 32.7. The van der Waals surface area contributed by atoms with Gasteiger partial charge in [0, 0.05) is 57.5 Å². The topological polar surface area (TPSA) is 159 Å². The summed E-state index contributed by atoms with van der Waals surface area (Å²) in [6.45, 7) is 13.0. The number of aromatic nitrogens is 6. The number of ether oxygens (including phenoxy) is 3. The van der Waals surface area contributed by atoms with Crippen LogP contribution >= 0.6 is 31.9 Å². The van der Waals surface area contributed by atoms with Gasteiger partial charge in [-0.05, 0) is 224 Å². The van der Waals surface area contributed by atoms with Crippen molar-refractivity contribution in [1.82, 2.24) is 29.1 Å². The van der Waals surface area contributed by atoms with Gasteiger partial charge in [-0.1, -0.05) is 102 Å². The van der Waals surface area contributed by atoms with Crippen LogP contribution in [-0.4, -0.2) is 40.6 Å². The molecule has 0 aliphatic heterocycles. The van der Waals surface area contributed by atoms with E-state index in [1.54, 1.807) is 30.5 Å². The normalized spacial score (nSPS) is 11.0. The number of phenolic OH excluding ortho intramolecular Hbond substituents is 1. The van der Waals surface area contributed by atoms with Gasteiger partial charge in [0.05, 0.1) is 37.9 Å². The largest absolute Gasteiger partial charge is 1.00 e. The van der Waals surface area contributed by atoms with Crippen molar-refractivity contribution in [3.8, 4) is 74.4 Å². The zero-order valence-corrected chi connectivity index (χ0v) is 63.0. The average molecular weight is 1440 g/mol. The fourth-order valence-corrected chi connectivity index (χ4v) is 11.3. The maximum absolute atomic E-state index is 13.6. The number of hydrogen-bond donors (Lipinski definition) is 1. The summed E-state index contributed by atoms with van der Waals surface area (Å²) < 4.78 is 37.4. The molecule has 0 fully saturated rings. The third-order valence-corrected chi connectivity index (χ3v) is 16.7. The minimum Gasteiger partial charge on any atom is -1.00 e. The van der Waals surface area contributed by atoms with Crippen molar-refractivity contribution in [3.63, 3.8) is 0 Å². The smallest absolute Gasteiger partial charge is 1.00 e. The van der Waals surface area contributed by atoms with Crippen molar-refractivity contribution >= 4 is 81.9 Å². The maximum atomic E-state index is 13.6. The number of aromatic hydroxyl groups is 1. The van der Waals surface area contributed by atoms with Crippen LogP contribution in [0, 0.1) is 5.82 Å². The molecule has 6 heterocycles. The van der Waals surface area contributed by atoms with E-state index in [1.807, 2.05) is 152 Å². The molecule has 0 aliphatic rings. The number of nitrogens with zero attached hydrogens (tertiary/aromatic N) is 6. The van der Waals surface area contributed by atoms with Crippen LogP contribution in [0.2, 0.25) is 0 Å². The SMILES string of the molecule is CC(C)(C)c1ccnc(-c2ccc(Oc3cccc(F)c3Br)cc2)c1.CC(C)(C)c1ccnc(-c2ccc(Oc3cccc(Oc4ccc5c(c4)c4ccccc4n5-c4ccccn4)c3Br)cc2)c1.O=CO[O-].Oc1ccc2c(c1)c1ccccc1n2-c1ccccn1.[H-].[K+].[K+]. The molecular weight excluding hydrogens is 1380 g/mol. The molecular formula is C77H63Br2FK2N6O7. The second-order valence-corrected chi connectivity index (χ2v) is 25.1. The molecule has 0 saturated heterocycles. The Morgan fingerprint density at radius 3 is 1.29 bits per heavy atom. The minimum absolute atomic E-state index is 0. The number of carbonyl (C=O) groups excluding carboxylic acids is 1. The molecule has 14 rings (SSSR count). The molecule has 466 valence electrons. The van der Waals surface area contributed by atoms with Gasteiger partial charge in [0.1, 0.15) is 62.2 Å². The van der Waals surface area contributed by atoms with Crippen LogP contribution in [-0.2, 0) is 20.5 Å². The predicted molar refractivity (Wildman–Crippen MR) is 372 cm³/mol. The van der Waals surface area contributed by atoms with E-state index in [1.165, 1.54) is 17.2 Å². The number of phenols is 1. The Morgan fingerprint density at radius 2 is 0.842 bits per heavy atom. The van der Waals surface area contributed by atoms with E-state index < -0.39 is 0 Å². The fourth-order valence-electron chi connectivity index (χ4n) is 10.5. The molecule has 0 unspecified atom stereocenters. The monoisotopic (exact) mass is 1440 g/mol. The molecule has 0 saturated carbocycles. The van der Waals surface area contributed by atoms with Gasteiger partial charge < -0.3 is 30.9 Å². The molecule has 0 atom stereocenters. The molecule has 13 nitrogen and oxygen atoms in total. The molecule has 18 heteroatoms. The van der Waals surface area contributed by atoms with Gasteiger partial charge in [0.25, 0.3) is 6.47 Å². The summed E-state index contributed by atoms with van der Waals surface area (Å²) >= 11 is 6.93. The first-order chi connectivity index (χ1) is 44.9. The second-order valence-electron chi connectivity index (χ2n) is 23.5. The van der Waals surface area contributed by atoms with Crippen LogP contribution in [0.1, 0.15) is 54.1 Å². The molecule has 14 aromatic rings. The van der Waals surface area contributed by atoms with Crippen LogP contribution in [0.4, 0.5) is 4.39 Å². The van der Waals surface area contributed by atoms with Gasteiger partial charge in [-0.2, -0.15) is 0 Å². The molecule has 0 amide bonds. The Labute approximate surface area is 653 Å². The Bertz CT molecular complexity index is 4940. The van der Waals surface area contributed by atoms with Crippen molar-refractivity contribution in [2.24, 2.45) is 0 Å². The zero-order valence-electron chi connectivity index (χ0n) is 54.5. The Balaban J connectivity index is 0.000000192. The molecule has 6 aromatic heterocycles. The first-order valence-corrected chi connectivity index (χ1v) is 31.2. The Kier molecular flexibility index (Phi) is 24.8. The van der Waals surface area contributed by atoms with Gasteiger partial charge in [-0.15, -0.1) is 0 Å². The van der Waals surface area contributed by atoms with E-state index >= 15 is 0 Å². The van der Waals surface area contributed by atoms with Gasteiger partial charge in [0.2, 0.25) is 0 Å². The van der Waals surface area contributed by atoms with Crippen molar-refractivity contribution in [3.05, 3.63) is 281 Å². The van der Waals surface area contributed by atoms with Gasteiger partial charge in [-0.3, -0.25) is 23.9 Å². The first kappa shape index (κ1) is 72.0. The summed E-state index contributed by atoms with van der Waals surface area (Å²) in [6, 6.07) is 74.4. The maximum Gasteiger partial charge on any atom is 1.00 e. The number of pyridine rings is 4. The standard InChI is InChI=1S/C38H30BrN3O2.C21H19BrFNO.C17H12N2O.CH2O3.2K.H/c1-38(2,3)26-20-22-40-31(23-26)25-14-16-27(17-15-25)43-34-11-8-12-35(37(34)39)44-28-18-19-33-30(24-28)29-9-4-5-10-32(29)42(33)36-13-6-7-21-41-36;1-21(2,3)15-11-12-24-18(13-15)14-7-9-16(10-8-14)25-19-6-4-5-17(23)20(19)22;20-12-8-9-16-14(11-12)13-5-1-2-6-15(13)19(16)17-7-3-4-10-18-17;2-1-4-3;;;/h4-24H,1-3H3;4-13H,1-3H3;1-11,20H;1,3H;;;/q;;;;2*+1;-1/p-1. The molecule has 0 bridgehead atoms. The summed E-state index contributed by atoms with van der Waals surface area (Å²) in [5.41, 5.74) is 10.8. The van der Waals surface area contributed by atoms with Gasteiger partial charge >= 0.3 is 103 Å². The average Bonchev–Trinajstić information content (AvgIpc) is 1.48. The molecule has 0 radical (unpaired) electrons. The molecule has 1 N–H and O–H groups in total. The number of rotatable bonds is 11. The zero-order chi connectivity index (χ0) is 65.2. The van der Waals surface area contributed by atoms with Crippen LogP contribution in [0.3, 0.4) is 0 Å². The summed E-state index contributed by atoms with van der Waals surface area (Å²) in [4.78, 5) is 29.4. The summed E-state index contributed by atoms with van der Waals surface area (Å²) in [5.74, 6) is 5.55. The van der Waals surface area contributed by atoms with Crippen LogP contribution in [0.15, 0.2) is 264 Å². The summed E-state index contributed by atoms with van der Waals surface area (Å²) in [7, 11) is 0. The molecule has 0 aliphatic carbocycles. The van der Waals surface area contributed by atoms with Gasteiger partial charge in [-0.25, -0.2) is 14.4 Å². The van der Waals surface area contributed by atoms with Crippen LogP contribution < -0.4 is 122 Å². The summed E-state index contributed by atoms with van der Waals surface area (Å²) in [6.07, 6.45) is 7.32. The van der Waals surface area contributed by atoms with E-state index in [9.17, 15) is 9.50 Å². The molecule has 8 aromatic carbocycles. The van der Waals surface area contributed by atoms with Gasteiger partial charge in [0.15, 0.2) is 0 Å². The number of halogens is 3. The quantitative estimate of drug-likeness (QED) is 0.0568. The number of benzene rings is 8. The fraction of sp³-hybridized carbons (Fsp3) is 0.104. The van der Waals surface area contributed by atoms with Crippen molar-refractivity contribution in [2.45, 2.75) is 52.4 Å². The van der Waals surface area contributed by atoms with Crippen molar-refractivity contribution in [1.29, 1.82) is 0 Å². The minimum atomic E-state index is -0.350. The Morgan fingerprint density at radius 1 is 0.442 bits per heavy atom. The molecule has 95 heavy (non-hydrogen) atoms.